The fraction of sp³-hybridized carbons (Fsp3) is 0.385. The minimum atomic E-state index is -2.19. The largest absolute Gasteiger partial charge is 0.485 e. The van der Waals surface area contributed by atoms with Crippen molar-refractivity contribution < 1.29 is 12.6 Å². The normalized spacial score (nSPS) is 16.2. The molecule has 4 rings (SSSR count). The third-order valence-electron chi connectivity index (χ3n) is 5.42. The van der Waals surface area contributed by atoms with Crippen LogP contribution in [0.3, 0.4) is 0 Å². The first-order valence-corrected chi connectivity index (χ1v) is 11.3. The number of nitrogen functional groups attached to an aromatic ring is 1. The summed E-state index contributed by atoms with van der Waals surface area (Å²) in [6.07, 6.45) is 6.38. The molecule has 8 nitrogen and oxygen atoms in total. The van der Waals surface area contributed by atoms with Crippen LogP contribution in [0.4, 0.5) is 5.82 Å². The summed E-state index contributed by atoms with van der Waals surface area (Å²) in [6.45, 7) is 4.81. The molecule has 178 valence electrons. The molecule has 1 saturated heterocycles. The van der Waals surface area contributed by atoms with Crippen LogP contribution in [0.25, 0.3) is 11.1 Å². The molecule has 0 amide bonds. The number of anilines is 1. The van der Waals surface area contributed by atoms with Crippen molar-refractivity contribution in [3.8, 4) is 28.7 Å². The Morgan fingerprint density at radius 3 is 2.85 bits per heavy atom. The SMILES string of the molecule is [2H]C([2H])(Oc1cc(-c2cnn(N3CCCN(C)CC3)c2)cnc1N)c1cccc(C#CC(C)(C)O)c1. The maximum Gasteiger partial charge on any atom is 0.166 e. The van der Waals surface area contributed by atoms with Gasteiger partial charge in [-0.15, -0.1) is 0 Å². The Kier molecular flexibility index (Phi) is 6.28. The maximum atomic E-state index is 9.85. The summed E-state index contributed by atoms with van der Waals surface area (Å²) in [7, 11) is 2.12. The molecule has 1 aromatic carbocycles. The standard InChI is InChI=1S/C26H32N6O2/c1-26(2,33)9-8-20-6-4-7-21(14-20)19-34-24-15-22(16-28-25(24)27)23-17-29-32(18-23)31-11-5-10-30(3)12-13-31/h4,6-7,14-18,33H,5,10-13,19H2,1-3H3,(H2,27,28)/i19D2. The van der Waals surface area contributed by atoms with E-state index in [0.29, 0.717) is 5.56 Å². The van der Waals surface area contributed by atoms with E-state index in [2.05, 4.69) is 38.9 Å². The van der Waals surface area contributed by atoms with Gasteiger partial charge in [0.25, 0.3) is 0 Å². The second-order valence-electron chi connectivity index (χ2n) is 8.96. The first-order chi connectivity index (χ1) is 17.0. The molecular weight excluding hydrogens is 428 g/mol. The molecule has 1 fully saturated rings. The quantitative estimate of drug-likeness (QED) is 0.563. The van der Waals surface area contributed by atoms with E-state index in [0.717, 1.165) is 43.7 Å². The minimum Gasteiger partial charge on any atom is -0.485 e. The molecule has 0 bridgehead atoms. The average Bonchev–Trinajstić information content (AvgIpc) is 3.21. The summed E-state index contributed by atoms with van der Waals surface area (Å²) in [5.74, 6) is 5.82. The Morgan fingerprint density at radius 1 is 1.18 bits per heavy atom. The molecule has 2 aromatic heterocycles. The first-order valence-electron chi connectivity index (χ1n) is 12.3. The average molecular weight is 463 g/mol. The predicted octanol–water partition coefficient (Wildman–Crippen LogP) is 2.50. The molecule has 34 heavy (non-hydrogen) atoms. The third-order valence-corrected chi connectivity index (χ3v) is 5.42. The van der Waals surface area contributed by atoms with Crippen LogP contribution in [-0.4, -0.2) is 63.7 Å². The van der Waals surface area contributed by atoms with Gasteiger partial charge in [-0.3, -0.25) is 5.01 Å². The lowest BCUT2D eigenvalue weighted by molar-refractivity contribution is 0.143. The molecule has 0 radical (unpaired) electrons. The predicted molar refractivity (Wildman–Crippen MR) is 134 cm³/mol. The van der Waals surface area contributed by atoms with Crippen LogP contribution in [0.1, 0.15) is 34.1 Å². The molecule has 3 heterocycles. The van der Waals surface area contributed by atoms with Gasteiger partial charge in [0, 0.05) is 42.5 Å². The van der Waals surface area contributed by atoms with Gasteiger partial charge in [-0.1, -0.05) is 24.0 Å². The van der Waals surface area contributed by atoms with E-state index >= 15 is 0 Å². The van der Waals surface area contributed by atoms with Crippen LogP contribution < -0.4 is 15.5 Å². The van der Waals surface area contributed by atoms with Crippen molar-refractivity contribution in [1.29, 1.82) is 0 Å². The summed E-state index contributed by atoms with van der Waals surface area (Å²) in [5.41, 5.74) is 7.28. The fourth-order valence-corrected chi connectivity index (χ4v) is 3.55. The number of ether oxygens (including phenoxy) is 1. The Hall–Kier alpha value is -3.54. The number of nitrogens with two attached hydrogens (primary N) is 1. The molecular formula is C26H32N6O2. The summed E-state index contributed by atoms with van der Waals surface area (Å²) in [6, 6.07) is 8.32. The van der Waals surface area contributed by atoms with E-state index in [4.69, 9.17) is 13.2 Å². The maximum absolute atomic E-state index is 9.85. The summed E-state index contributed by atoms with van der Waals surface area (Å²) >= 11 is 0. The number of pyridine rings is 1. The van der Waals surface area contributed by atoms with Gasteiger partial charge in [0.15, 0.2) is 11.6 Å². The molecule has 0 unspecified atom stereocenters. The second-order valence-corrected chi connectivity index (χ2v) is 8.96. The number of hydrogen-bond donors (Lipinski definition) is 2. The number of rotatable bonds is 5. The van der Waals surface area contributed by atoms with Crippen LogP contribution in [0.2, 0.25) is 0 Å². The Labute approximate surface area is 203 Å². The van der Waals surface area contributed by atoms with Crippen molar-refractivity contribution in [2.24, 2.45) is 0 Å². The second kappa shape index (κ2) is 10.2. The summed E-state index contributed by atoms with van der Waals surface area (Å²) in [5, 5.41) is 16.6. The molecule has 0 saturated carbocycles. The lowest BCUT2D eigenvalue weighted by atomic mass is 10.1. The molecule has 3 N–H and O–H groups in total. The lowest BCUT2D eigenvalue weighted by Gasteiger charge is -2.22. The van der Waals surface area contributed by atoms with Gasteiger partial charge < -0.3 is 20.5 Å². The Balaban J connectivity index is 1.55. The van der Waals surface area contributed by atoms with E-state index in [1.165, 1.54) is 0 Å². The number of benzene rings is 1. The molecule has 3 aromatic rings. The number of aliphatic hydroxyl groups is 1. The smallest absolute Gasteiger partial charge is 0.166 e. The van der Waals surface area contributed by atoms with Crippen LogP contribution in [0.5, 0.6) is 5.75 Å². The van der Waals surface area contributed by atoms with Crippen molar-refractivity contribution in [3.05, 3.63) is 60.0 Å². The highest BCUT2D eigenvalue weighted by atomic mass is 16.5. The summed E-state index contributed by atoms with van der Waals surface area (Å²) in [4.78, 5) is 8.39. The van der Waals surface area contributed by atoms with Gasteiger partial charge >= 0.3 is 0 Å². The highest BCUT2D eigenvalue weighted by Crippen LogP contribution is 2.27. The van der Waals surface area contributed by atoms with Gasteiger partial charge in [0.2, 0.25) is 0 Å². The van der Waals surface area contributed by atoms with Crippen molar-refractivity contribution >= 4 is 5.82 Å². The van der Waals surface area contributed by atoms with E-state index < -0.39 is 12.2 Å². The van der Waals surface area contributed by atoms with Gasteiger partial charge in [0.05, 0.1) is 15.1 Å². The molecule has 0 aliphatic carbocycles. The summed E-state index contributed by atoms with van der Waals surface area (Å²) < 4.78 is 22.8. The number of aromatic nitrogens is 3. The van der Waals surface area contributed by atoms with E-state index in [1.807, 2.05) is 11.0 Å². The van der Waals surface area contributed by atoms with Gasteiger partial charge in [-0.05, 0) is 57.6 Å². The number of hydrogen-bond acceptors (Lipinski definition) is 7. The van der Waals surface area contributed by atoms with Crippen LogP contribution >= 0.6 is 0 Å². The molecule has 8 heteroatoms. The van der Waals surface area contributed by atoms with Crippen molar-refractivity contribution in [1.82, 2.24) is 19.8 Å². The highest BCUT2D eigenvalue weighted by molar-refractivity contribution is 5.65. The number of likely N-dealkylation sites (N-methyl/N-ethyl adjacent to an activating group) is 1. The fourth-order valence-electron chi connectivity index (χ4n) is 3.55. The van der Waals surface area contributed by atoms with Crippen molar-refractivity contribution in [3.63, 3.8) is 0 Å². The zero-order chi connectivity index (χ0) is 25.9. The minimum absolute atomic E-state index is 0.0866. The highest BCUT2D eigenvalue weighted by Gasteiger charge is 2.15. The number of nitrogens with zero attached hydrogens (tertiary/aromatic N) is 5. The van der Waals surface area contributed by atoms with Crippen LogP contribution in [0, 0.1) is 11.8 Å². The van der Waals surface area contributed by atoms with Crippen LogP contribution in [-0.2, 0) is 6.56 Å². The zero-order valence-electron chi connectivity index (χ0n) is 21.8. The van der Waals surface area contributed by atoms with Gasteiger partial charge in [0.1, 0.15) is 12.2 Å². The van der Waals surface area contributed by atoms with E-state index in [1.54, 1.807) is 56.6 Å². The molecule has 0 atom stereocenters. The first kappa shape index (κ1) is 21.0. The molecule has 0 spiro atoms. The molecule has 1 aliphatic heterocycles. The van der Waals surface area contributed by atoms with E-state index in [9.17, 15) is 5.11 Å². The Bertz CT molecular complexity index is 1280. The van der Waals surface area contributed by atoms with Crippen LogP contribution in [0.15, 0.2) is 48.9 Å². The lowest BCUT2D eigenvalue weighted by Crippen LogP contribution is -2.38. The monoisotopic (exact) mass is 462 g/mol. The van der Waals surface area contributed by atoms with Crippen molar-refractivity contribution in [2.45, 2.75) is 32.4 Å². The molecule has 1 aliphatic rings. The Morgan fingerprint density at radius 2 is 2.03 bits per heavy atom. The van der Waals surface area contributed by atoms with Gasteiger partial charge in [-0.25, -0.2) is 4.98 Å². The van der Waals surface area contributed by atoms with Crippen molar-refractivity contribution in [2.75, 3.05) is 44.0 Å². The van der Waals surface area contributed by atoms with E-state index in [-0.39, 0.29) is 17.1 Å². The zero-order valence-corrected chi connectivity index (χ0v) is 19.8. The third kappa shape index (κ3) is 6.28. The van der Waals surface area contributed by atoms with Gasteiger partial charge in [-0.2, -0.15) is 9.89 Å². The topological polar surface area (TPSA) is 92.7 Å².